The third kappa shape index (κ3) is 3.57. The van der Waals surface area contributed by atoms with Crippen molar-refractivity contribution < 1.29 is 9.53 Å². The molecule has 3 fully saturated rings. The number of ether oxygens (including phenoxy) is 1. The number of hydrogen-bond donors (Lipinski definition) is 1. The van der Waals surface area contributed by atoms with Crippen LogP contribution in [0.15, 0.2) is 0 Å². The van der Waals surface area contributed by atoms with E-state index in [1.165, 1.54) is 25.8 Å². The molecule has 0 aromatic carbocycles. The number of carbonyl (C=O) groups is 1. The Morgan fingerprint density at radius 2 is 1.77 bits per heavy atom. The fourth-order valence-electron chi connectivity index (χ4n) is 3.99. The van der Waals surface area contributed by atoms with Gasteiger partial charge in [-0.05, 0) is 65.5 Å². The summed E-state index contributed by atoms with van der Waals surface area (Å²) in [6, 6.07) is 0.946. The monoisotopic (exact) mass is 309 g/mol. The van der Waals surface area contributed by atoms with Gasteiger partial charge in [0.1, 0.15) is 5.60 Å². The molecule has 2 saturated heterocycles. The van der Waals surface area contributed by atoms with Crippen LogP contribution in [0.5, 0.6) is 0 Å². The van der Waals surface area contributed by atoms with Gasteiger partial charge in [0.15, 0.2) is 0 Å². The van der Waals surface area contributed by atoms with E-state index in [4.69, 9.17) is 4.74 Å². The number of piperazine rings is 1. The van der Waals surface area contributed by atoms with Gasteiger partial charge in [-0.25, -0.2) is 4.79 Å². The standard InChI is InChI=1S/C17H31N3O2/c1-17(2,3)22-16(21)20-11-10-19(14-4-5-15(14)20)12-13-6-8-18-9-7-13/h13-15,18H,4-12H2,1-3H3/t14-,15+/m0/s1. The molecule has 22 heavy (non-hydrogen) atoms. The van der Waals surface area contributed by atoms with Crippen molar-refractivity contribution in [3.05, 3.63) is 0 Å². The zero-order chi connectivity index (χ0) is 15.7. The first-order chi connectivity index (χ1) is 10.4. The first-order valence-corrected chi connectivity index (χ1v) is 8.88. The Morgan fingerprint density at radius 3 is 2.36 bits per heavy atom. The molecule has 1 saturated carbocycles. The van der Waals surface area contributed by atoms with Crippen molar-refractivity contribution in [2.45, 2.75) is 64.1 Å². The molecule has 0 aromatic rings. The predicted molar refractivity (Wildman–Crippen MR) is 86.9 cm³/mol. The zero-order valence-electron chi connectivity index (χ0n) is 14.3. The number of rotatable bonds is 2. The summed E-state index contributed by atoms with van der Waals surface area (Å²) in [6.45, 7) is 11.2. The van der Waals surface area contributed by atoms with Crippen LogP contribution in [0.4, 0.5) is 4.79 Å². The highest BCUT2D eigenvalue weighted by Gasteiger charge is 2.46. The number of carbonyl (C=O) groups excluding carboxylic acids is 1. The molecule has 5 heteroatoms. The average molecular weight is 309 g/mol. The Kier molecular flexibility index (Phi) is 4.64. The summed E-state index contributed by atoms with van der Waals surface area (Å²) >= 11 is 0. The molecule has 3 aliphatic rings. The predicted octanol–water partition coefficient (Wildman–Crippen LogP) is 2.07. The van der Waals surface area contributed by atoms with E-state index in [9.17, 15) is 4.79 Å². The Hall–Kier alpha value is -0.810. The highest BCUT2D eigenvalue weighted by atomic mass is 16.6. The van der Waals surface area contributed by atoms with E-state index in [-0.39, 0.29) is 6.09 Å². The molecule has 1 N–H and O–H groups in total. The van der Waals surface area contributed by atoms with Crippen LogP contribution >= 0.6 is 0 Å². The van der Waals surface area contributed by atoms with Crippen LogP contribution in [0.3, 0.4) is 0 Å². The smallest absolute Gasteiger partial charge is 0.410 e. The minimum atomic E-state index is -0.400. The molecule has 1 amide bonds. The molecule has 2 atom stereocenters. The van der Waals surface area contributed by atoms with Gasteiger partial charge in [0.05, 0.1) is 6.04 Å². The van der Waals surface area contributed by atoms with Crippen molar-refractivity contribution in [1.82, 2.24) is 15.1 Å². The Labute approximate surface area is 134 Å². The number of fused-ring (bicyclic) bond motifs is 1. The number of hydrogen-bond acceptors (Lipinski definition) is 4. The van der Waals surface area contributed by atoms with Gasteiger partial charge in [0.25, 0.3) is 0 Å². The van der Waals surface area contributed by atoms with Crippen molar-refractivity contribution in [2.24, 2.45) is 5.92 Å². The summed E-state index contributed by atoms with van der Waals surface area (Å²) < 4.78 is 5.58. The maximum Gasteiger partial charge on any atom is 0.410 e. The Morgan fingerprint density at radius 1 is 1.09 bits per heavy atom. The van der Waals surface area contributed by atoms with Crippen LogP contribution in [-0.4, -0.2) is 66.3 Å². The Bertz CT molecular complexity index is 401. The topological polar surface area (TPSA) is 44.8 Å². The lowest BCUT2D eigenvalue weighted by molar-refractivity contribution is -0.0574. The number of amides is 1. The van der Waals surface area contributed by atoms with Crippen LogP contribution in [0.2, 0.25) is 0 Å². The average Bonchev–Trinajstić information content (AvgIpc) is 2.39. The molecule has 0 bridgehead atoms. The summed E-state index contributed by atoms with van der Waals surface area (Å²) in [5.41, 5.74) is -0.400. The quantitative estimate of drug-likeness (QED) is 0.848. The number of nitrogens with one attached hydrogen (secondary N) is 1. The Balaban J connectivity index is 1.55. The van der Waals surface area contributed by atoms with Gasteiger partial charge in [0.2, 0.25) is 0 Å². The van der Waals surface area contributed by atoms with Gasteiger partial charge >= 0.3 is 6.09 Å². The van der Waals surface area contributed by atoms with Crippen molar-refractivity contribution in [2.75, 3.05) is 32.7 Å². The molecular formula is C17H31N3O2. The lowest BCUT2D eigenvalue weighted by Crippen LogP contribution is -2.66. The SMILES string of the molecule is CC(C)(C)OC(=O)N1CCN(CC2CCNCC2)[C@H]2CC[C@H]21. The maximum absolute atomic E-state index is 12.4. The second-order valence-corrected chi connectivity index (χ2v) is 8.07. The third-order valence-electron chi connectivity index (χ3n) is 5.28. The molecule has 0 aromatic heterocycles. The van der Waals surface area contributed by atoms with Crippen LogP contribution in [0.1, 0.15) is 46.5 Å². The van der Waals surface area contributed by atoms with Crippen molar-refractivity contribution in [3.63, 3.8) is 0 Å². The summed E-state index contributed by atoms with van der Waals surface area (Å²) in [5.74, 6) is 0.829. The first-order valence-electron chi connectivity index (χ1n) is 8.88. The van der Waals surface area contributed by atoms with Crippen LogP contribution in [0, 0.1) is 5.92 Å². The molecule has 0 spiro atoms. The molecule has 2 aliphatic heterocycles. The fraction of sp³-hybridized carbons (Fsp3) is 0.941. The minimum absolute atomic E-state index is 0.122. The first kappa shape index (κ1) is 16.1. The van der Waals surface area contributed by atoms with Gasteiger partial charge in [-0.15, -0.1) is 0 Å². The van der Waals surface area contributed by atoms with Crippen molar-refractivity contribution in [1.29, 1.82) is 0 Å². The summed E-state index contributed by atoms with van der Waals surface area (Å²) in [6.07, 6.45) is 4.83. The second kappa shape index (κ2) is 6.36. The van der Waals surface area contributed by atoms with Gasteiger partial charge in [-0.1, -0.05) is 0 Å². The molecule has 2 heterocycles. The van der Waals surface area contributed by atoms with Gasteiger partial charge in [-0.2, -0.15) is 0 Å². The molecular weight excluding hydrogens is 278 g/mol. The van der Waals surface area contributed by atoms with Crippen LogP contribution in [-0.2, 0) is 4.74 Å². The van der Waals surface area contributed by atoms with Crippen molar-refractivity contribution >= 4 is 6.09 Å². The summed E-state index contributed by atoms with van der Waals surface area (Å²) in [7, 11) is 0. The maximum atomic E-state index is 12.4. The van der Waals surface area contributed by atoms with E-state index in [1.807, 2.05) is 25.7 Å². The van der Waals surface area contributed by atoms with E-state index in [2.05, 4.69) is 10.2 Å². The van der Waals surface area contributed by atoms with Crippen molar-refractivity contribution in [3.8, 4) is 0 Å². The zero-order valence-corrected chi connectivity index (χ0v) is 14.3. The summed E-state index contributed by atoms with van der Waals surface area (Å²) in [4.78, 5) is 17.0. The lowest BCUT2D eigenvalue weighted by Gasteiger charge is -2.54. The van der Waals surface area contributed by atoms with E-state index in [0.29, 0.717) is 12.1 Å². The molecule has 0 radical (unpaired) electrons. The summed E-state index contributed by atoms with van der Waals surface area (Å²) in [5, 5.41) is 3.44. The molecule has 3 rings (SSSR count). The number of piperidine rings is 1. The largest absolute Gasteiger partial charge is 0.444 e. The van der Waals surface area contributed by atoms with E-state index in [1.54, 1.807) is 0 Å². The van der Waals surface area contributed by atoms with E-state index >= 15 is 0 Å². The molecule has 0 unspecified atom stereocenters. The second-order valence-electron chi connectivity index (χ2n) is 8.07. The van der Waals surface area contributed by atoms with Gasteiger partial charge in [-0.3, -0.25) is 4.90 Å². The normalized spacial score (nSPS) is 30.6. The van der Waals surface area contributed by atoms with Gasteiger partial charge in [0, 0.05) is 25.7 Å². The molecule has 5 nitrogen and oxygen atoms in total. The molecule has 1 aliphatic carbocycles. The van der Waals surface area contributed by atoms with E-state index in [0.717, 1.165) is 38.5 Å². The van der Waals surface area contributed by atoms with Crippen LogP contribution in [0.25, 0.3) is 0 Å². The van der Waals surface area contributed by atoms with Gasteiger partial charge < -0.3 is 15.0 Å². The highest BCUT2D eigenvalue weighted by molar-refractivity contribution is 5.69. The minimum Gasteiger partial charge on any atom is -0.444 e. The fourth-order valence-corrected chi connectivity index (χ4v) is 3.99. The number of nitrogens with zero attached hydrogens (tertiary/aromatic N) is 2. The highest BCUT2D eigenvalue weighted by Crippen LogP contribution is 2.35. The van der Waals surface area contributed by atoms with E-state index < -0.39 is 5.60 Å². The lowest BCUT2D eigenvalue weighted by atomic mass is 9.81. The molecule has 126 valence electrons. The third-order valence-corrected chi connectivity index (χ3v) is 5.28. The van der Waals surface area contributed by atoms with Crippen LogP contribution < -0.4 is 5.32 Å².